The molecule has 0 radical (unpaired) electrons. The van der Waals surface area contributed by atoms with Gasteiger partial charge in [-0.05, 0) is 117 Å². The summed E-state index contributed by atoms with van der Waals surface area (Å²) >= 11 is 0. The van der Waals surface area contributed by atoms with Crippen molar-refractivity contribution in [1.82, 2.24) is 10.6 Å². The molecule has 3 atom stereocenters. The summed E-state index contributed by atoms with van der Waals surface area (Å²) in [6.07, 6.45) is 2.85. The van der Waals surface area contributed by atoms with E-state index in [2.05, 4.69) is 53.2 Å². The lowest BCUT2D eigenvalue weighted by Crippen LogP contribution is -2.45. The summed E-state index contributed by atoms with van der Waals surface area (Å²) in [5, 5.41) is 9.69. The van der Waals surface area contributed by atoms with Crippen LogP contribution in [0.4, 0.5) is 4.79 Å². The second-order valence-corrected chi connectivity index (χ2v) is 24.4. The highest BCUT2D eigenvalue weighted by atomic mass is 31.1. The number of unbranched alkanes of at least 4 members (excludes halogenated alkanes) is 1. The van der Waals surface area contributed by atoms with Gasteiger partial charge in [0, 0.05) is 55.6 Å². The van der Waals surface area contributed by atoms with Crippen LogP contribution in [0, 0.1) is 17.8 Å². The van der Waals surface area contributed by atoms with E-state index in [9.17, 15) is 24.0 Å². The fraction of sp³-hybridized carbons (Fsp3) is 0.415. The monoisotopic (exact) mass is 1090 g/mol. The van der Waals surface area contributed by atoms with Gasteiger partial charge in [-0.25, -0.2) is 4.79 Å². The summed E-state index contributed by atoms with van der Waals surface area (Å²) in [7, 11) is -0.302. The Morgan fingerprint density at radius 1 is 0.671 bits per heavy atom. The SMILES string of the molecule is CC(C)C[C@H](CC(=O)[C@@H](CCCN=C(N)CP(C)C)NC(=O)[C@@H](CCCCNC(=O)OC(C)(C)C)CC(=O)COc1ccc2ccccc2c1-c1c(OCCc2ccccc2)ccc2ccccc12)C(=O)OCc1ccccc1. The average molecular weight is 1090 g/mol. The molecule has 0 spiro atoms. The smallest absolute Gasteiger partial charge is 0.407 e. The van der Waals surface area contributed by atoms with Crippen molar-refractivity contribution in [2.45, 2.75) is 111 Å². The highest BCUT2D eigenvalue weighted by molar-refractivity contribution is 7.57. The Balaban J connectivity index is 1.25. The maximum Gasteiger partial charge on any atom is 0.407 e. The maximum atomic E-state index is 14.7. The van der Waals surface area contributed by atoms with Crippen LogP contribution in [0.3, 0.4) is 0 Å². The van der Waals surface area contributed by atoms with Crippen LogP contribution in [0.15, 0.2) is 138 Å². The first kappa shape index (κ1) is 61.1. The Labute approximate surface area is 468 Å². The number of aliphatic imine (C=N–C) groups is 1. The van der Waals surface area contributed by atoms with Gasteiger partial charge in [-0.1, -0.05) is 142 Å². The molecule has 0 unspecified atom stereocenters. The summed E-state index contributed by atoms with van der Waals surface area (Å²) in [5.74, 6) is -1.40. The normalized spacial score (nSPS) is 12.9. The molecule has 6 aromatic carbocycles. The maximum absolute atomic E-state index is 14.7. The molecule has 0 fully saturated rings. The number of ether oxygens (including phenoxy) is 4. The van der Waals surface area contributed by atoms with Gasteiger partial charge in [-0.3, -0.25) is 24.2 Å². The number of ketones is 2. The number of amidine groups is 1. The molecule has 0 bridgehead atoms. The molecular weight excluding hydrogens is 1010 g/mol. The van der Waals surface area contributed by atoms with Crippen LogP contribution in [0.25, 0.3) is 32.7 Å². The number of esters is 1. The number of hydrogen-bond donors (Lipinski definition) is 3. The molecule has 0 aliphatic heterocycles. The topological polar surface area (TPSA) is 185 Å². The molecule has 2 amide bonds. The summed E-state index contributed by atoms with van der Waals surface area (Å²) in [6, 6.07) is 42.6. The predicted octanol–water partition coefficient (Wildman–Crippen LogP) is 12.7. The van der Waals surface area contributed by atoms with E-state index in [1.165, 1.54) is 0 Å². The van der Waals surface area contributed by atoms with Crippen LogP contribution in [0.1, 0.15) is 97.1 Å². The Kier molecular flexibility index (Phi) is 23.9. The zero-order chi connectivity index (χ0) is 56.7. The third-order valence-electron chi connectivity index (χ3n) is 13.3. The number of nitrogens with zero attached hydrogens (tertiary/aromatic N) is 1. The second-order valence-electron chi connectivity index (χ2n) is 22.0. The van der Waals surface area contributed by atoms with Gasteiger partial charge >= 0.3 is 12.1 Å². The molecular formula is C65H81N4O9P. The molecule has 0 aliphatic rings. The van der Waals surface area contributed by atoms with Crippen LogP contribution in [0.5, 0.6) is 11.5 Å². The molecule has 420 valence electrons. The van der Waals surface area contributed by atoms with E-state index in [0.717, 1.165) is 43.8 Å². The predicted molar refractivity (Wildman–Crippen MR) is 319 cm³/mol. The number of hydrogen-bond acceptors (Lipinski definition) is 10. The number of alkyl carbamates (subject to hydrolysis) is 1. The van der Waals surface area contributed by atoms with Crippen molar-refractivity contribution in [1.29, 1.82) is 0 Å². The summed E-state index contributed by atoms with van der Waals surface area (Å²) in [5.41, 5.74) is 9.17. The Morgan fingerprint density at radius 3 is 1.87 bits per heavy atom. The van der Waals surface area contributed by atoms with E-state index < -0.39 is 41.4 Å². The van der Waals surface area contributed by atoms with Crippen molar-refractivity contribution in [3.8, 4) is 22.6 Å². The highest BCUT2D eigenvalue weighted by Gasteiger charge is 2.32. The molecule has 0 aromatic heterocycles. The summed E-state index contributed by atoms with van der Waals surface area (Å²) in [4.78, 5) is 74.4. The first-order valence-corrected chi connectivity index (χ1v) is 30.1. The molecule has 6 rings (SSSR count). The van der Waals surface area contributed by atoms with Gasteiger partial charge in [0.15, 0.2) is 11.6 Å². The number of benzene rings is 6. The zero-order valence-corrected chi connectivity index (χ0v) is 48.2. The lowest BCUT2D eigenvalue weighted by Gasteiger charge is -2.24. The van der Waals surface area contributed by atoms with Crippen molar-refractivity contribution < 1.29 is 42.9 Å². The largest absolute Gasteiger partial charge is 0.493 e. The van der Waals surface area contributed by atoms with E-state index in [-0.39, 0.29) is 70.8 Å². The van der Waals surface area contributed by atoms with Gasteiger partial charge in [0.1, 0.15) is 30.3 Å². The van der Waals surface area contributed by atoms with Crippen molar-refractivity contribution in [2.75, 3.05) is 45.8 Å². The third-order valence-corrected chi connectivity index (χ3v) is 14.3. The standard InChI is InChI=1S/C65H81N4O9P/c1-45(2)39-51(63(73)77-42-47-23-12-9-13-24-47)41-56(71)55(30-20-37-67-59(66)44-79(6)7)69-62(72)50(27-18-19-36-68-64(74)78-65(3,4)5)40-52(70)43-76-58-34-32-49-26-15-17-29-54(49)61(58)60-53-28-16-14-25-48(53)31-33-57(60)75-38-35-46-21-10-8-11-22-46/h8-17,21-26,28-29,31-34,45,50-51,55H,18-20,27,30,35-44H2,1-7H3,(H2,66,67)(H,68,74)(H,69,72)/t50-,51+,55+/m0/s1. The van der Waals surface area contributed by atoms with Crippen molar-refractivity contribution in [2.24, 2.45) is 28.5 Å². The molecule has 79 heavy (non-hydrogen) atoms. The summed E-state index contributed by atoms with van der Waals surface area (Å²) in [6.45, 7) is 14.4. The zero-order valence-electron chi connectivity index (χ0n) is 47.3. The number of rotatable bonds is 31. The Hall–Kier alpha value is -7.11. The van der Waals surface area contributed by atoms with E-state index in [0.29, 0.717) is 68.8 Å². The minimum Gasteiger partial charge on any atom is -0.493 e. The Morgan fingerprint density at radius 2 is 1.27 bits per heavy atom. The van der Waals surface area contributed by atoms with Crippen LogP contribution in [-0.4, -0.2) is 92.8 Å². The molecule has 0 aliphatic carbocycles. The molecule has 4 N–H and O–H groups in total. The number of Topliss-reactive ketones (excluding diaryl/α,β-unsaturated/α-hetero) is 2. The highest BCUT2D eigenvalue weighted by Crippen LogP contribution is 2.45. The lowest BCUT2D eigenvalue weighted by atomic mass is 9.89. The first-order valence-electron chi connectivity index (χ1n) is 27.7. The van der Waals surface area contributed by atoms with Gasteiger partial charge < -0.3 is 35.3 Å². The quantitative estimate of drug-likeness (QED) is 0.0124. The lowest BCUT2D eigenvalue weighted by molar-refractivity contribution is -0.152. The number of nitrogens with one attached hydrogen (secondary N) is 2. The van der Waals surface area contributed by atoms with Crippen molar-refractivity contribution in [3.63, 3.8) is 0 Å². The van der Waals surface area contributed by atoms with Gasteiger partial charge in [-0.15, -0.1) is 7.92 Å². The number of carbonyl (C=O) groups is 5. The van der Waals surface area contributed by atoms with Gasteiger partial charge in [0.25, 0.3) is 0 Å². The van der Waals surface area contributed by atoms with E-state index in [1.54, 1.807) is 20.8 Å². The van der Waals surface area contributed by atoms with Gasteiger partial charge in [0.2, 0.25) is 5.91 Å². The number of nitrogens with two attached hydrogens (primary N) is 1. The summed E-state index contributed by atoms with van der Waals surface area (Å²) < 4.78 is 24.4. The van der Waals surface area contributed by atoms with Crippen molar-refractivity contribution >= 4 is 64.8 Å². The van der Waals surface area contributed by atoms with Crippen LogP contribution in [-0.2, 0) is 41.7 Å². The molecule has 0 saturated carbocycles. The molecule has 13 nitrogen and oxygen atoms in total. The minimum absolute atomic E-state index is 0.0719. The van der Waals surface area contributed by atoms with E-state index in [1.807, 2.05) is 123 Å². The van der Waals surface area contributed by atoms with Gasteiger partial charge in [-0.2, -0.15) is 0 Å². The van der Waals surface area contributed by atoms with Crippen LogP contribution in [0.2, 0.25) is 0 Å². The Bertz CT molecular complexity index is 2980. The minimum atomic E-state index is -0.984. The van der Waals surface area contributed by atoms with E-state index in [4.69, 9.17) is 24.7 Å². The third kappa shape index (κ3) is 20.3. The first-order chi connectivity index (χ1) is 37.9. The number of carbonyl (C=O) groups excluding carboxylic acids is 5. The fourth-order valence-electron chi connectivity index (χ4n) is 9.58. The second kappa shape index (κ2) is 30.9. The van der Waals surface area contributed by atoms with Crippen LogP contribution >= 0.6 is 7.92 Å². The average Bonchev–Trinajstić information content (AvgIpc) is 3.47. The molecule has 14 heteroatoms. The van der Waals surface area contributed by atoms with Crippen molar-refractivity contribution in [3.05, 3.63) is 145 Å². The van der Waals surface area contributed by atoms with Gasteiger partial charge in [0.05, 0.1) is 24.4 Å². The number of amides is 2. The fourth-order valence-corrected chi connectivity index (χ4v) is 10.3. The van der Waals surface area contributed by atoms with Crippen LogP contribution < -0.4 is 25.8 Å². The number of fused-ring (bicyclic) bond motifs is 2. The van der Waals surface area contributed by atoms with E-state index >= 15 is 0 Å². The molecule has 0 saturated heterocycles. The molecule has 0 heterocycles. The molecule has 6 aromatic rings.